The molecule has 1 aliphatic heterocycles. The second-order valence-corrected chi connectivity index (χ2v) is 6.96. The van der Waals surface area contributed by atoms with E-state index in [1.54, 1.807) is 12.0 Å². The third-order valence-corrected chi connectivity index (χ3v) is 5.23. The third-order valence-electron chi connectivity index (χ3n) is 5.23. The van der Waals surface area contributed by atoms with Gasteiger partial charge in [-0.2, -0.15) is 0 Å². The number of rotatable bonds is 7. The van der Waals surface area contributed by atoms with Gasteiger partial charge < -0.3 is 14.7 Å². The van der Waals surface area contributed by atoms with Crippen LogP contribution in [0.5, 0.6) is 5.75 Å². The van der Waals surface area contributed by atoms with Crippen molar-refractivity contribution < 1.29 is 19.4 Å². The van der Waals surface area contributed by atoms with E-state index < -0.39 is 11.9 Å². The molecule has 5 heteroatoms. The highest BCUT2D eigenvalue weighted by atomic mass is 16.5. The van der Waals surface area contributed by atoms with E-state index in [9.17, 15) is 14.7 Å². The van der Waals surface area contributed by atoms with Crippen molar-refractivity contribution in [1.82, 2.24) is 4.90 Å². The average molecular weight is 367 g/mol. The Labute approximate surface area is 159 Å². The molecule has 0 spiro atoms. The van der Waals surface area contributed by atoms with Crippen molar-refractivity contribution in [3.8, 4) is 5.75 Å². The van der Waals surface area contributed by atoms with Crippen LogP contribution in [0.4, 0.5) is 0 Å². The Balaban J connectivity index is 1.55. The second kappa shape index (κ2) is 8.71. The maximum atomic E-state index is 12.6. The number of likely N-dealkylation sites (tertiary alicyclic amines) is 1. The van der Waals surface area contributed by atoms with Crippen LogP contribution in [0.25, 0.3) is 0 Å². The molecule has 0 aromatic heterocycles. The molecule has 3 rings (SSSR count). The number of carboxylic acid groups (broad SMARTS) is 1. The fourth-order valence-electron chi connectivity index (χ4n) is 3.69. The number of carbonyl (C=O) groups excluding carboxylic acids is 1. The molecule has 27 heavy (non-hydrogen) atoms. The monoisotopic (exact) mass is 367 g/mol. The molecular formula is C22H25NO4. The molecule has 2 aromatic carbocycles. The highest BCUT2D eigenvalue weighted by Crippen LogP contribution is 2.33. The Morgan fingerprint density at radius 2 is 1.78 bits per heavy atom. The Bertz CT molecular complexity index is 773. The van der Waals surface area contributed by atoms with Gasteiger partial charge in [-0.1, -0.05) is 42.5 Å². The number of aryl methyl sites for hydroxylation is 1. The predicted octanol–water partition coefficient (Wildman–Crippen LogP) is 3.34. The fourth-order valence-corrected chi connectivity index (χ4v) is 3.69. The Hall–Kier alpha value is -2.82. The number of aliphatic carboxylic acids is 1. The number of nitrogens with zero attached hydrogens (tertiary/aromatic N) is 1. The summed E-state index contributed by atoms with van der Waals surface area (Å²) in [4.78, 5) is 26.0. The number of hydrogen-bond donors (Lipinski definition) is 1. The van der Waals surface area contributed by atoms with Gasteiger partial charge in [0.25, 0.3) is 0 Å². The minimum absolute atomic E-state index is 0.0354. The molecule has 142 valence electrons. The number of carbonyl (C=O) groups is 2. The van der Waals surface area contributed by atoms with Crippen molar-refractivity contribution in [2.24, 2.45) is 5.92 Å². The van der Waals surface area contributed by atoms with E-state index >= 15 is 0 Å². The Morgan fingerprint density at radius 1 is 1.07 bits per heavy atom. The summed E-state index contributed by atoms with van der Waals surface area (Å²) in [7, 11) is 1.64. The van der Waals surface area contributed by atoms with Gasteiger partial charge in [-0.15, -0.1) is 0 Å². The van der Waals surface area contributed by atoms with Gasteiger partial charge in [0.15, 0.2) is 0 Å². The summed E-state index contributed by atoms with van der Waals surface area (Å²) in [6.45, 7) is 0.763. The zero-order valence-electron chi connectivity index (χ0n) is 15.5. The zero-order valence-corrected chi connectivity index (χ0v) is 15.5. The standard InChI is InChI=1S/C22H25NO4/c1-27-18-12-10-16(11-13-18)6-5-9-21(24)23-14-19(20(15-23)22(25)26)17-7-3-2-4-8-17/h2-4,7-8,10-13,19-20H,5-6,9,14-15H2,1H3,(H,25,26)/t19-,20-/m0/s1. The van der Waals surface area contributed by atoms with Crippen molar-refractivity contribution in [3.05, 3.63) is 65.7 Å². The summed E-state index contributed by atoms with van der Waals surface area (Å²) >= 11 is 0. The SMILES string of the molecule is COc1ccc(CCCC(=O)N2C[C@H](C(=O)O)[C@H](c3ccccc3)C2)cc1. The van der Waals surface area contributed by atoms with Gasteiger partial charge in [0.05, 0.1) is 13.0 Å². The lowest BCUT2D eigenvalue weighted by atomic mass is 9.89. The molecule has 0 radical (unpaired) electrons. The van der Waals surface area contributed by atoms with E-state index in [1.807, 2.05) is 54.6 Å². The largest absolute Gasteiger partial charge is 0.497 e. The van der Waals surface area contributed by atoms with Gasteiger partial charge in [-0.3, -0.25) is 9.59 Å². The van der Waals surface area contributed by atoms with Crippen LogP contribution >= 0.6 is 0 Å². The fraction of sp³-hybridized carbons (Fsp3) is 0.364. The van der Waals surface area contributed by atoms with Crippen LogP contribution in [0, 0.1) is 5.92 Å². The molecule has 5 nitrogen and oxygen atoms in total. The molecule has 2 aromatic rings. The van der Waals surface area contributed by atoms with Gasteiger partial charge >= 0.3 is 5.97 Å². The van der Waals surface area contributed by atoms with Crippen molar-refractivity contribution in [2.45, 2.75) is 25.2 Å². The molecule has 0 bridgehead atoms. The molecule has 0 aliphatic carbocycles. The van der Waals surface area contributed by atoms with Gasteiger partial charge in [-0.25, -0.2) is 0 Å². The molecule has 1 amide bonds. The van der Waals surface area contributed by atoms with Crippen LogP contribution in [0.1, 0.15) is 29.9 Å². The number of ether oxygens (including phenoxy) is 1. The van der Waals surface area contributed by atoms with Crippen LogP contribution in [0.15, 0.2) is 54.6 Å². The number of methoxy groups -OCH3 is 1. The molecule has 2 atom stereocenters. The second-order valence-electron chi connectivity index (χ2n) is 6.96. The molecule has 0 unspecified atom stereocenters. The highest BCUT2D eigenvalue weighted by molar-refractivity contribution is 5.79. The first-order chi connectivity index (χ1) is 13.1. The van der Waals surface area contributed by atoms with Crippen molar-refractivity contribution >= 4 is 11.9 Å². The molecular weight excluding hydrogens is 342 g/mol. The minimum Gasteiger partial charge on any atom is -0.497 e. The number of carboxylic acids is 1. The first-order valence-electron chi connectivity index (χ1n) is 9.27. The predicted molar refractivity (Wildman–Crippen MR) is 103 cm³/mol. The lowest BCUT2D eigenvalue weighted by Gasteiger charge is -2.16. The van der Waals surface area contributed by atoms with Crippen LogP contribution < -0.4 is 4.74 Å². The quantitative estimate of drug-likeness (QED) is 0.815. The van der Waals surface area contributed by atoms with Crippen molar-refractivity contribution in [1.29, 1.82) is 0 Å². The molecule has 1 N–H and O–H groups in total. The number of amides is 1. The molecule has 1 heterocycles. The van der Waals surface area contributed by atoms with Crippen LogP contribution in [-0.2, 0) is 16.0 Å². The van der Waals surface area contributed by atoms with Crippen molar-refractivity contribution in [3.63, 3.8) is 0 Å². The first-order valence-corrected chi connectivity index (χ1v) is 9.27. The van der Waals surface area contributed by atoms with Gasteiger partial charge in [0.2, 0.25) is 5.91 Å². The summed E-state index contributed by atoms with van der Waals surface area (Å²) in [6.07, 6.45) is 1.99. The van der Waals surface area contributed by atoms with Crippen LogP contribution in [-0.4, -0.2) is 42.1 Å². The topological polar surface area (TPSA) is 66.8 Å². The van der Waals surface area contributed by atoms with E-state index in [0.717, 1.165) is 29.7 Å². The molecule has 0 saturated carbocycles. The minimum atomic E-state index is -0.836. The summed E-state index contributed by atoms with van der Waals surface area (Å²) in [6, 6.07) is 17.5. The van der Waals surface area contributed by atoms with Crippen LogP contribution in [0.2, 0.25) is 0 Å². The molecule has 1 saturated heterocycles. The summed E-state index contributed by atoms with van der Waals surface area (Å²) in [5.74, 6) is -0.670. The van der Waals surface area contributed by atoms with E-state index in [4.69, 9.17) is 4.74 Å². The molecule has 1 aliphatic rings. The Kier molecular flexibility index (Phi) is 6.12. The maximum absolute atomic E-state index is 12.6. The van der Waals surface area contributed by atoms with Crippen LogP contribution in [0.3, 0.4) is 0 Å². The van der Waals surface area contributed by atoms with Crippen molar-refractivity contribution in [2.75, 3.05) is 20.2 Å². The van der Waals surface area contributed by atoms with Gasteiger partial charge in [0.1, 0.15) is 5.75 Å². The van der Waals surface area contributed by atoms with E-state index in [-0.39, 0.29) is 18.4 Å². The lowest BCUT2D eigenvalue weighted by Crippen LogP contribution is -2.29. The van der Waals surface area contributed by atoms with Gasteiger partial charge in [-0.05, 0) is 36.1 Å². The normalized spacial score (nSPS) is 19.1. The Morgan fingerprint density at radius 3 is 2.41 bits per heavy atom. The summed E-state index contributed by atoms with van der Waals surface area (Å²) < 4.78 is 5.15. The summed E-state index contributed by atoms with van der Waals surface area (Å²) in [5.41, 5.74) is 2.15. The van der Waals surface area contributed by atoms with Gasteiger partial charge in [0, 0.05) is 25.4 Å². The number of benzene rings is 2. The smallest absolute Gasteiger partial charge is 0.308 e. The number of hydrogen-bond acceptors (Lipinski definition) is 3. The third kappa shape index (κ3) is 4.67. The first kappa shape index (κ1) is 19.0. The summed E-state index contributed by atoms with van der Waals surface area (Å²) in [5, 5.41) is 9.56. The lowest BCUT2D eigenvalue weighted by molar-refractivity contribution is -0.141. The molecule has 1 fully saturated rings. The van der Waals surface area contributed by atoms with E-state index in [1.165, 1.54) is 0 Å². The highest BCUT2D eigenvalue weighted by Gasteiger charge is 2.40. The zero-order chi connectivity index (χ0) is 19.2. The maximum Gasteiger partial charge on any atom is 0.308 e. The average Bonchev–Trinajstić information content (AvgIpc) is 3.15. The van der Waals surface area contributed by atoms with E-state index in [0.29, 0.717) is 13.0 Å². The van der Waals surface area contributed by atoms with E-state index in [2.05, 4.69) is 0 Å².